The van der Waals surface area contributed by atoms with Gasteiger partial charge in [0.2, 0.25) is 0 Å². The maximum Gasteiger partial charge on any atom is 0.161 e. The van der Waals surface area contributed by atoms with Gasteiger partial charge < -0.3 is 14.6 Å². The molecule has 0 saturated heterocycles. The molecule has 1 aromatic heterocycles. The van der Waals surface area contributed by atoms with E-state index in [1.54, 1.807) is 11.3 Å². The Labute approximate surface area is 130 Å². The Morgan fingerprint density at radius 2 is 2.00 bits per heavy atom. The average molecular weight is 355 g/mol. The fourth-order valence-electron chi connectivity index (χ4n) is 2.15. The summed E-state index contributed by atoms with van der Waals surface area (Å²) >= 11 is 5.13. The number of benzene rings is 1. The van der Waals surface area contributed by atoms with Crippen molar-refractivity contribution in [3.63, 3.8) is 0 Å². The van der Waals surface area contributed by atoms with Crippen LogP contribution >= 0.6 is 27.3 Å². The Bertz CT molecular complexity index is 597. The lowest BCUT2D eigenvalue weighted by molar-refractivity contribution is 0.178. The maximum atomic E-state index is 10.4. The van der Waals surface area contributed by atoms with E-state index in [-0.39, 0.29) is 0 Å². The van der Waals surface area contributed by atoms with Gasteiger partial charge in [-0.15, -0.1) is 11.3 Å². The Morgan fingerprint density at radius 3 is 2.75 bits per heavy atom. The minimum Gasteiger partial charge on any atom is -0.490 e. The molecule has 1 unspecified atom stereocenters. The monoisotopic (exact) mass is 354 g/mol. The van der Waals surface area contributed by atoms with Gasteiger partial charge in [-0.3, -0.25) is 0 Å². The van der Waals surface area contributed by atoms with Crippen molar-refractivity contribution in [3.05, 3.63) is 44.6 Å². The number of hydrogen-bond acceptors (Lipinski definition) is 4. The van der Waals surface area contributed by atoms with E-state index < -0.39 is 6.10 Å². The molecule has 0 fully saturated rings. The summed E-state index contributed by atoms with van der Waals surface area (Å²) in [7, 11) is 0. The summed E-state index contributed by atoms with van der Waals surface area (Å²) in [6.45, 7) is 1.33. The number of hydrogen-bond donors (Lipinski definition) is 1. The van der Waals surface area contributed by atoms with E-state index in [1.165, 1.54) is 0 Å². The van der Waals surface area contributed by atoms with E-state index in [9.17, 15) is 5.11 Å². The van der Waals surface area contributed by atoms with E-state index >= 15 is 0 Å². The lowest BCUT2D eigenvalue weighted by Crippen LogP contribution is -2.02. The number of halogens is 1. The maximum absolute atomic E-state index is 10.4. The predicted molar refractivity (Wildman–Crippen MR) is 82.7 cm³/mol. The molecule has 106 valence electrons. The van der Waals surface area contributed by atoms with Crippen molar-refractivity contribution >= 4 is 27.3 Å². The molecule has 1 aromatic carbocycles. The quantitative estimate of drug-likeness (QED) is 0.906. The summed E-state index contributed by atoms with van der Waals surface area (Å²) in [6, 6.07) is 7.66. The number of ether oxygens (including phenoxy) is 2. The number of aliphatic hydroxyl groups excluding tert-OH is 1. The molecule has 1 atom stereocenters. The second-order valence-corrected chi connectivity index (χ2v) is 6.52. The Morgan fingerprint density at radius 1 is 1.20 bits per heavy atom. The zero-order valence-corrected chi connectivity index (χ0v) is 13.2. The molecular weight excluding hydrogens is 340 g/mol. The van der Waals surface area contributed by atoms with Crippen molar-refractivity contribution in [3.8, 4) is 11.5 Å². The normalized spacial score (nSPS) is 15.7. The van der Waals surface area contributed by atoms with Gasteiger partial charge in [-0.25, -0.2) is 0 Å². The smallest absolute Gasteiger partial charge is 0.161 e. The molecule has 0 saturated carbocycles. The predicted octanol–water partition coefficient (Wildman–Crippen LogP) is 3.95. The highest BCUT2D eigenvalue weighted by molar-refractivity contribution is 9.10. The second kappa shape index (κ2) is 6.16. The molecule has 0 radical (unpaired) electrons. The Kier molecular flexibility index (Phi) is 4.29. The number of thiophene rings is 1. The summed E-state index contributed by atoms with van der Waals surface area (Å²) in [5.41, 5.74) is 0.856. The summed E-state index contributed by atoms with van der Waals surface area (Å²) in [6.07, 6.45) is 0.939. The first kappa shape index (κ1) is 13.9. The zero-order valence-electron chi connectivity index (χ0n) is 10.8. The van der Waals surface area contributed by atoms with Gasteiger partial charge in [0.1, 0.15) is 0 Å². The van der Waals surface area contributed by atoms with Gasteiger partial charge in [0.15, 0.2) is 11.5 Å². The van der Waals surface area contributed by atoms with Crippen molar-refractivity contribution < 1.29 is 14.6 Å². The largest absolute Gasteiger partial charge is 0.490 e. The SMILES string of the molecule is OC(Cc1sccc1Br)c1ccc2c(c1)OCCCO2. The topological polar surface area (TPSA) is 38.7 Å². The number of aliphatic hydroxyl groups is 1. The summed E-state index contributed by atoms with van der Waals surface area (Å²) in [4.78, 5) is 1.14. The molecule has 0 aliphatic carbocycles. The lowest BCUT2D eigenvalue weighted by Gasteiger charge is -2.13. The molecule has 0 amide bonds. The molecule has 5 heteroatoms. The van der Waals surface area contributed by atoms with Gasteiger partial charge >= 0.3 is 0 Å². The molecule has 1 N–H and O–H groups in total. The second-order valence-electron chi connectivity index (χ2n) is 4.67. The van der Waals surface area contributed by atoms with Crippen LogP contribution in [0.1, 0.15) is 23.0 Å². The molecule has 3 nitrogen and oxygen atoms in total. The molecule has 20 heavy (non-hydrogen) atoms. The molecule has 1 aliphatic heterocycles. The van der Waals surface area contributed by atoms with Gasteiger partial charge in [0.25, 0.3) is 0 Å². The summed E-state index contributed by atoms with van der Waals surface area (Å²) in [5, 5.41) is 12.4. The zero-order chi connectivity index (χ0) is 13.9. The first-order chi connectivity index (χ1) is 9.74. The van der Waals surface area contributed by atoms with Gasteiger partial charge in [0.05, 0.1) is 19.3 Å². The third-order valence-electron chi connectivity index (χ3n) is 3.23. The highest BCUT2D eigenvalue weighted by Crippen LogP contribution is 2.34. The number of rotatable bonds is 3. The van der Waals surface area contributed by atoms with Crippen LogP contribution in [0.5, 0.6) is 11.5 Å². The van der Waals surface area contributed by atoms with Gasteiger partial charge in [0, 0.05) is 22.2 Å². The summed E-state index contributed by atoms with van der Waals surface area (Å²) in [5.74, 6) is 1.49. The molecule has 1 aliphatic rings. The van der Waals surface area contributed by atoms with E-state index in [2.05, 4.69) is 15.9 Å². The van der Waals surface area contributed by atoms with Crippen molar-refractivity contribution in [2.45, 2.75) is 18.9 Å². The van der Waals surface area contributed by atoms with E-state index in [4.69, 9.17) is 9.47 Å². The molecule has 3 rings (SSSR count). The standard InChI is InChI=1S/C15H15BrO3S/c16-11-4-7-20-15(11)9-12(17)10-2-3-13-14(8-10)19-6-1-5-18-13/h2-4,7-8,12,17H,1,5-6,9H2. The lowest BCUT2D eigenvalue weighted by atomic mass is 10.1. The highest BCUT2D eigenvalue weighted by Gasteiger charge is 2.16. The fourth-order valence-corrected chi connectivity index (χ4v) is 3.70. The molecule has 0 spiro atoms. The van der Waals surface area contributed by atoms with Crippen LogP contribution in [0, 0.1) is 0 Å². The van der Waals surface area contributed by atoms with Crippen LogP contribution in [0.2, 0.25) is 0 Å². The van der Waals surface area contributed by atoms with Crippen LogP contribution in [0.25, 0.3) is 0 Å². The van der Waals surface area contributed by atoms with Crippen LogP contribution in [-0.2, 0) is 6.42 Å². The molecular formula is C15H15BrO3S. The van der Waals surface area contributed by atoms with Crippen molar-refractivity contribution in [1.29, 1.82) is 0 Å². The van der Waals surface area contributed by atoms with Crippen LogP contribution < -0.4 is 9.47 Å². The van der Waals surface area contributed by atoms with Gasteiger partial charge in [-0.1, -0.05) is 6.07 Å². The van der Waals surface area contributed by atoms with E-state index in [0.29, 0.717) is 19.6 Å². The third kappa shape index (κ3) is 3.00. The van der Waals surface area contributed by atoms with Crippen molar-refractivity contribution in [2.75, 3.05) is 13.2 Å². The minimum absolute atomic E-state index is 0.540. The molecule has 2 aromatic rings. The number of fused-ring (bicyclic) bond motifs is 1. The van der Waals surface area contributed by atoms with Crippen LogP contribution in [0.4, 0.5) is 0 Å². The minimum atomic E-state index is -0.540. The summed E-state index contributed by atoms with van der Waals surface area (Å²) < 4.78 is 12.3. The Hall–Kier alpha value is -1.04. The average Bonchev–Trinajstić information content (AvgIpc) is 2.73. The third-order valence-corrected chi connectivity index (χ3v) is 5.17. The molecule has 2 heterocycles. The fraction of sp³-hybridized carbons (Fsp3) is 0.333. The first-order valence-electron chi connectivity index (χ1n) is 6.53. The van der Waals surface area contributed by atoms with Crippen LogP contribution in [-0.4, -0.2) is 18.3 Å². The van der Waals surface area contributed by atoms with Crippen molar-refractivity contribution in [1.82, 2.24) is 0 Å². The van der Waals surface area contributed by atoms with Crippen LogP contribution in [0.15, 0.2) is 34.1 Å². The Balaban J connectivity index is 1.80. The van der Waals surface area contributed by atoms with Crippen LogP contribution in [0.3, 0.4) is 0 Å². The highest BCUT2D eigenvalue weighted by atomic mass is 79.9. The van der Waals surface area contributed by atoms with Gasteiger partial charge in [-0.2, -0.15) is 0 Å². The van der Waals surface area contributed by atoms with Crippen molar-refractivity contribution in [2.24, 2.45) is 0 Å². The molecule has 0 bridgehead atoms. The van der Waals surface area contributed by atoms with E-state index in [0.717, 1.165) is 32.8 Å². The van der Waals surface area contributed by atoms with E-state index in [1.807, 2.05) is 29.6 Å². The van der Waals surface area contributed by atoms with Gasteiger partial charge in [-0.05, 0) is 45.1 Å². The first-order valence-corrected chi connectivity index (χ1v) is 8.21.